The van der Waals surface area contributed by atoms with Gasteiger partial charge in [-0.2, -0.15) is 0 Å². The van der Waals surface area contributed by atoms with Crippen LogP contribution in [-0.4, -0.2) is 18.1 Å². The van der Waals surface area contributed by atoms with Gasteiger partial charge in [0.15, 0.2) is 0 Å². The number of halogens is 2. The van der Waals surface area contributed by atoms with E-state index in [4.69, 9.17) is 0 Å². The molecule has 0 radical (unpaired) electrons. The first kappa shape index (κ1) is 11.9. The van der Waals surface area contributed by atoms with E-state index in [0.717, 1.165) is 0 Å². The van der Waals surface area contributed by atoms with E-state index >= 15 is 0 Å². The number of hydrogen-bond donors (Lipinski definition) is 2. The van der Waals surface area contributed by atoms with Crippen LogP contribution < -0.4 is 5.32 Å². The number of phenols is 1. The second-order valence-corrected chi connectivity index (χ2v) is 3.32. The summed E-state index contributed by atoms with van der Waals surface area (Å²) in [7, 11) is 0. The standard InChI is InChI=1S/C11H15F2NO/c1-2-9(14-7-11(12)13)8-5-3-4-6-10(8)15/h3-6,9,11,14-15H,2,7H2,1H3. The summed E-state index contributed by atoms with van der Waals surface area (Å²) in [4.78, 5) is 0. The lowest BCUT2D eigenvalue weighted by Crippen LogP contribution is -2.26. The average Bonchev–Trinajstić information content (AvgIpc) is 2.21. The Kier molecular flexibility index (Phi) is 4.49. The Balaban J connectivity index is 2.70. The SMILES string of the molecule is CCC(NCC(F)F)c1ccccc1O. The van der Waals surface area contributed by atoms with Gasteiger partial charge in [0, 0.05) is 11.6 Å². The lowest BCUT2D eigenvalue weighted by atomic mass is 10.0. The molecule has 0 amide bonds. The van der Waals surface area contributed by atoms with Gasteiger partial charge in [-0.25, -0.2) is 8.78 Å². The van der Waals surface area contributed by atoms with Crippen LogP contribution in [0, 0.1) is 0 Å². The lowest BCUT2D eigenvalue weighted by molar-refractivity contribution is 0.140. The summed E-state index contributed by atoms with van der Waals surface area (Å²) in [5.74, 6) is 0.145. The Morgan fingerprint density at radius 3 is 2.53 bits per heavy atom. The summed E-state index contributed by atoms with van der Waals surface area (Å²) < 4.78 is 24.0. The molecule has 0 fully saturated rings. The van der Waals surface area contributed by atoms with Crippen LogP contribution in [0.25, 0.3) is 0 Å². The molecule has 1 aromatic rings. The molecule has 1 rings (SSSR count). The number of aromatic hydroxyl groups is 1. The van der Waals surface area contributed by atoms with E-state index in [-0.39, 0.29) is 18.3 Å². The fourth-order valence-electron chi connectivity index (χ4n) is 1.49. The molecular weight excluding hydrogens is 200 g/mol. The van der Waals surface area contributed by atoms with Crippen molar-refractivity contribution in [2.75, 3.05) is 6.54 Å². The van der Waals surface area contributed by atoms with Gasteiger partial charge in [-0.05, 0) is 12.5 Å². The van der Waals surface area contributed by atoms with E-state index in [0.29, 0.717) is 12.0 Å². The van der Waals surface area contributed by atoms with Crippen LogP contribution in [0.4, 0.5) is 8.78 Å². The third-order valence-electron chi connectivity index (χ3n) is 2.24. The summed E-state index contributed by atoms with van der Waals surface area (Å²) >= 11 is 0. The van der Waals surface area contributed by atoms with Crippen molar-refractivity contribution in [3.63, 3.8) is 0 Å². The number of alkyl halides is 2. The highest BCUT2D eigenvalue weighted by Gasteiger charge is 2.14. The van der Waals surface area contributed by atoms with Crippen LogP contribution in [0.15, 0.2) is 24.3 Å². The quantitative estimate of drug-likeness (QED) is 0.791. The highest BCUT2D eigenvalue weighted by molar-refractivity contribution is 5.34. The van der Waals surface area contributed by atoms with Crippen LogP contribution in [0.3, 0.4) is 0 Å². The van der Waals surface area contributed by atoms with Gasteiger partial charge in [0.2, 0.25) is 0 Å². The molecule has 1 aromatic carbocycles. The maximum atomic E-state index is 12.0. The maximum Gasteiger partial charge on any atom is 0.250 e. The molecule has 1 unspecified atom stereocenters. The Hall–Kier alpha value is -1.16. The van der Waals surface area contributed by atoms with Crippen molar-refractivity contribution < 1.29 is 13.9 Å². The largest absolute Gasteiger partial charge is 0.508 e. The fraction of sp³-hybridized carbons (Fsp3) is 0.455. The molecule has 0 heterocycles. The van der Waals surface area contributed by atoms with Gasteiger partial charge in [0.05, 0.1) is 6.54 Å². The highest BCUT2D eigenvalue weighted by Crippen LogP contribution is 2.25. The highest BCUT2D eigenvalue weighted by atomic mass is 19.3. The predicted molar refractivity (Wildman–Crippen MR) is 55.1 cm³/mol. The zero-order chi connectivity index (χ0) is 11.3. The van der Waals surface area contributed by atoms with Crippen molar-refractivity contribution in [2.45, 2.75) is 25.8 Å². The first-order valence-corrected chi connectivity index (χ1v) is 4.94. The van der Waals surface area contributed by atoms with E-state index < -0.39 is 6.43 Å². The Morgan fingerprint density at radius 2 is 2.00 bits per heavy atom. The fourth-order valence-corrected chi connectivity index (χ4v) is 1.49. The molecule has 0 saturated heterocycles. The first-order valence-electron chi connectivity index (χ1n) is 4.94. The van der Waals surface area contributed by atoms with Crippen LogP contribution in [0.2, 0.25) is 0 Å². The molecule has 84 valence electrons. The maximum absolute atomic E-state index is 12.0. The Morgan fingerprint density at radius 1 is 1.33 bits per heavy atom. The van der Waals surface area contributed by atoms with E-state index in [9.17, 15) is 13.9 Å². The van der Waals surface area contributed by atoms with Crippen LogP contribution in [0.5, 0.6) is 5.75 Å². The number of rotatable bonds is 5. The van der Waals surface area contributed by atoms with E-state index in [1.54, 1.807) is 24.3 Å². The summed E-state index contributed by atoms with van der Waals surface area (Å²) in [5.41, 5.74) is 0.667. The minimum atomic E-state index is -2.37. The molecule has 2 N–H and O–H groups in total. The van der Waals surface area contributed by atoms with Crippen LogP contribution in [0.1, 0.15) is 24.9 Å². The van der Waals surface area contributed by atoms with Crippen molar-refractivity contribution in [3.8, 4) is 5.75 Å². The molecule has 0 aliphatic rings. The predicted octanol–water partition coefficient (Wildman–Crippen LogP) is 2.70. The molecule has 0 aliphatic carbocycles. The number of hydrogen-bond acceptors (Lipinski definition) is 2. The number of nitrogens with one attached hydrogen (secondary N) is 1. The number of benzene rings is 1. The van der Waals surface area contributed by atoms with Gasteiger partial charge in [-0.15, -0.1) is 0 Å². The molecule has 1 atom stereocenters. The minimum absolute atomic E-state index is 0.145. The number of para-hydroxylation sites is 1. The molecule has 0 spiro atoms. The summed E-state index contributed by atoms with van der Waals surface area (Å²) in [5, 5.41) is 12.3. The van der Waals surface area contributed by atoms with Gasteiger partial charge in [-0.3, -0.25) is 0 Å². The monoisotopic (exact) mass is 215 g/mol. The molecule has 15 heavy (non-hydrogen) atoms. The van der Waals surface area contributed by atoms with Crippen LogP contribution in [-0.2, 0) is 0 Å². The Bertz CT molecular complexity index is 304. The second-order valence-electron chi connectivity index (χ2n) is 3.32. The van der Waals surface area contributed by atoms with E-state index in [1.165, 1.54) is 0 Å². The first-order chi connectivity index (χ1) is 7.15. The van der Waals surface area contributed by atoms with Crippen molar-refractivity contribution >= 4 is 0 Å². The zero-order valence-corrected chi connectivity index (χ0v) is 8.58. The average molecular weight is 215 g/mol. The second kappa shape index (κ2) is 5.66. The van der Waals surface area contributed by atoms with Gasteiger partial charge >= 0.3 is 0 Å². The van der Waals surface area contributed by atoms with Crippen molar-refractivity contribution in [2.24, 2.45) is 0 Å². The molecule has 2 nitrogen and oxygen atoms in total. The molecule has 0 saturated carbocycles. The minimum Gasteiger partial charge on any atom is -0.508 e. The molecule has 0 aromatic heterocycles. The zero-order valence-electron chi connectivity index (χ0n) is 8.58. The molecule has 0 aliphatic heterocycles. The lowest BCUT2D eigenvalue weighted by Gasteiger charge is -2.18. The molecule has 4 heteroatoms. The number of phenolic OH excluding ortho intramolecular Hbond substituents is 1. The van der Waals surface area contributed by atoms with Gasteiger partial charge < -0.3 is 10.4 Å². The van der Waals surface area contributed by atoms with Gasteiger partial charge in [0.25, 0.3) is 6.43 Å². The van der Waals surface area contributed by atoms with E-state index in [1.807, 2.05) is 6.92 Å². The summed E-state index contributed by atoms with van der Waals surface area (Å²) in [6.07, 6.45) is -1.71. The van der Waals surface area contributed by atoms with Crippen molar-refractivity contribution in [1.82, 2.24) is 5.32 Å². The normalized spacial score (nSPS) is 13.1. The summed E-state index contributed by atoms with van der Waals surface area (Å²) in [6.45, 7) is 1.53. The van der Waals surface area contributed by atoms with Gasteiger partial charge in [-0.1, -0.05) is 25.1 Å². The smallest absolute Gasteiger partial charge is 0.250 e. The Labute approximate surface area is 87.9 Å². The third kappa shape index (κ3) is 3.47. The third-order valence-corrected chi connectivity index (χ3v) is 2.24. The van der Waals surface area contributed by atoms with Gasteiger partial charge in [0.1, 0.15) is 5.75 Å². The van der Waals surface area contributed by atoms with Crippen molar-refractivity contribution in [3.05, 3.63) is 29.8 Å². The van der Waals surface area contributed by atoms with Crippen molar-refractivity contribution in [1.29, 1.82) is 0 Å². The van der Waals surface area contributed by atoms with Crippen LogP contribution >= 0.6 is 0 Å². The topological polar surface area (TPSA) is 32.3 Å². The molecular formula is C11H15F2NO. The molecule has 0 bridgehead atoms. The summed E-state index contributed by atoms with van der Waals surface area (Å²) in [6, 6.07) is 6.56. The van der Waals surface area contributed by atoms with E-state index in [2.05, 4.69) is 5.32 Å².